The van der Waals surface area contributed by atoms with Gasteiger partial charge in [-0.3, -0.25) is 4.90 Å². The minimum atomic E-state index is 0.880. The maximum atomic E-state index is 5.72. The highest BCUT2D eigenvalue weighted by molar-refractivity contribution is 5.33. The Hall–Kier alpha value is -1.00. The number of hydrogen-bond donors (Lipinski definition) is 0. The molecule has 0 radical (unpaired) electrons. The number of ether oxygens (including phenoxy) is 1. The molecule has 0 atom stereocenters. The third kappa shape index (κ3) is 3.75. The summed E-state index contributed by atoms with van der Waals surface area (Å²) in [7, 11) is 3.99. The number of morpholine rings is 1. The molecule has 17 heavy (non-hydrogen) atoms. The highest BCUT2D eigenvalue weighted by atomic mass is 16.5. The Morgan fingerprint density at radius 3 is 2.65 bits per heavy atom. The minimum Gasteiger partial charge on any atom is -0.446 e. The van der Waals surface area contributed by atoms with Gasteiger partial charge in [0.05, 0.1) is 13.2 Å². The van der Waals surface area contributed by atoms with Crippen LogP contribution in [-0.4, -0.2) is 51.8 Å². The van der Waals surface area contributed by atoms with Crippen molar-refractivity contribution in [1.29, 1.82) is 0 Å². The van der Waals surface area contributed by atoms with Gasteiger partial charge in [0.2, 0.25) is 0 Å². The Balaban J connectivity index is 1.70. The van der Waals surface area contributed by atoms with Gasteiger partial charge in [0.1, 0.15) is 5.76 Å². The van der Waals surface area contributed by atoms with Crippen molar-refractivity contribution in [2.45, 2.75) is 12.8 Å². The van der Waals surface area contributed by atoms with Crippen molar-refractivity contribution >= 4 is 5.88 Å². The predicted octanol–water partition coefficient (Wildman–Crippen LogP) is 1.61. The van der Waals surface area contributed by atoms with E-state index >= 15 is 0 Å². The van der Waals surface area contributed by atoms with Crippen molar-refractivity contribution in [2.75, 3.05) is 51.8 Å². The molecule has 1 fully saturated rings. The molecule has 0 aliphatic carbocycles. The van der Waals surface area contributed by atoms with Gasteiger partial charge in [0, 0.05) is 39.7 Å². The Morgan fingerprint density at radius 2 is 2.00 bits per heavy atom. The maximum absolute atomic E-state index is 5.72. The van der Waals surface area contributed by atoms with Gasteiger partial charge >= 0.3 is 0 Å². The summed E-state index contributed by atoms with van der Waals surface area (Å²) in [6.07, 6.45) is 2.17. The number of anilines is 1. The summed E-state index contributed by atoms with van der Waals surface area (Å²) in [6, 6.07) is 4.11. The topological polar surface area (TPSA) is 28.9 Å². The molecule has 96 valence electrons. The van der Waals surface area contributed by atoms with Gasteiger partial charge in [0.25, 0.3) is 0 Å². The molecular formula is C13H22N2O2. The first-order valence-corrected chi connectivity index (χ1v) is 6.32. The van der Waals surface area contributed by atoms with Gasteiger partial charge in [-0.05, 0) is 19.0 Å². The van der Waals surface area contributed by atoms with Crippen LogP contribution in [0.1, 0.15) is 12.2 Å². The molecule has 0 amide bonds. The lowest BCUT2D eigenvalue weighted by Gasteiger charge is -2.26. The first kappa shape index (κ1) is 12.5. The van der Waals surface area contributed by atoms with Crippen LogP contribution in [0.15, 0.2) is 16.5 Å². The smallest absolute Gasteiger partial charge is 0.195 e. The summed E-state index contributed by atoms with van der Waals surface area (Å²) in [5, 5.41) is 0. The molecule has 1 aromatic heterocycles. The van der Waals surface area contributed by atoms with Crippen LogP contribution in [0, 0.1) is 0 Å². The van der Waals surface area contributed by atoms with Crippen molar-refractivity contribution in [3.63, 3.8) is 0 Å². The van der Waals surface area contributed by atoms with Crippen molar-refractivity contribution < 1.29 is 9.15 Å². The van der Waals surface area contributed by atoms with E-state index in [1.54, 1.807) is 0 Å². The zero-order valence-electron chi connectivity index (χ0n) is 10.8. The summed E-state index contributed by atoms with van der Waals surface area (Å²) in [5.41, 5.74) is 0. The highest BCUT2D eigenvalue weighted by Crippen LogP contribution is 2.17. The minimum absolute atomic E-state index is 0.880. The van der Waals surface area contributed by atoms with Gasteiger partial charge in [-0.2, -0.15) is 0 Å². The fraction of sp³-hybridized carbons (Fsp3) is 0.692. The third-order valence-electron chi connectivity index (χ3n) is 3.09. The van der Waals surface area contributed by atoms with Crippen LogP contribution in [0.25, 0.3) is 0 Å². The van der Waals surface area contributed by atoms with Gasteiger partial charge < -0.3 is 14.1 Å². The van der Waals surface area contributed by atoms with Gasteiger partial charge in [0.15, 0.2) is 5.88 Å². The zero-order valence-corrected chi connectivity index (χ0v) is 10.8. The standard InChI is InChI=1S/C13H22N2O2/c1-14(2)13-6-5-12(17-13)4-3-7-15-8-10-16-11-9-15/h5-6H,3-4,7-11H2,1-2H3. The van der Waals surface area contributed by atoms with E-state index in [0.29, 0.717) is 0 Å². The largest absolute Gasteiger partial charge is 0.446 e. The van der Waals surface area contributed by atoms with Crippen molar-refractivity contribution in [2.24, 2.45) is 0 Å². The zero-order chi connectivity index (χ0) is 12.1. The molecule has 0 saturated carbocycles. The molecule has 2 rings (SSSR count). The van der Waals surface area contributed by atoms with E-state index in [2.05, 4.69) is 11.0 Å². The molecule has 0 spiro atoms. The summed E-state index contributed by atoms with van der Waals surface area (Å²) < 4.78 is 11.0. The fourth-order valence-corrected chi connectivity index (χ4v) is 2.04. The van der Waals surface area contributed by atoms with Gasteiger partial charge in [-0.15, -0.1) is 0 Å². The number of rotatable bonds is 5. The molecule has 1 aliphatic rings. The lowest BCUT2D eigenvalue weighted by molar-refractivity contribution is 0.0373. The monoisotopic (exact) mass is 238 g/mol. The van der Waals surface area contributed by atoms with E-state index in [4.69, 9.17) is 9.15 Å². The Morgan fingerprint density at radius 1 is 1.24 bits per heavy atom. The molecule has 0 unspecified atom stereocenters. The number of furan rings is 1. The number of nitrogens with zero attached hydrogens (tertiary/aromatic N) is 2. The van der Waals surface area contributed by atoms with Gasteiger partial charge in [-0.1, -0.05) is 0 Å². The second kappa shape index (κ2) is 6.07. The van der Waals surface area contributed by atoms with Crippen LogP contribution < -0.4 is 4.90 Å². The van der Waals surface area contributed by atoms with Crippen LogP contribution in [0.2, 0.25) is 0 Å². The van der Waals surface area contributed by atoms with Crippen molar-refractivity contribution in [3.8, 4) is 0 Å². The average molecular weight is 238 g/mol. The van der Waals surface area contributed by atoms with E-state index in [1.807, 2.05) is 25.1 Å². The third-order valence-corrected chi connectivity index (χ3v) is 3.09. The first-order chi connectivity index (χ1) is 8.25. The summed E-state index contributed by atoms with van der Waals surface area (Å²) >= 11 is 0. The molecule has 1 aromatic rings. The van der Waals surface area contributed by atoms with E-state index in [1.165, 1.54) is 0 Å². The van der Waals surface area contributed by atoms with E-state index < -0.39 is 0 Å². The van der Waals surface area contributed by atoms with Crippen LogP contribution in [0.5, 0.6) is 0 Å². The van der Waals surface area contributed by atoms with Crippen molar-refractivity contribution in [1.82, 2.24) is 4.90 Å². The van der Waals surface area contributed by atoms with Crippen LogP contribution >= 0.6 is 0 Å². The molecule has 0 bridgehead atoms. The highest BCUT2D eigenvalue weighted by Gasteiger charge is 2.10. The molecular weight excluding hydrogens is 216 g/mol. The predicted molar refractivity (Wildman–Crippen MR) is 68.6 cm³/mol. The molecule has 4 heteroatoms. The van der Waals surface area contributed by atoms with Crippen molar-refractivity contribution in [3.05, 3.63) is 17.9 Å². The quantitative estimate of drug-likeness (QED) is 0.779. The number of aryl methyl sites for hydroxylation is 1. The first-order valence-electron chi connectivity index (χ1n) is 6.32. The number of hydrogen-bond acceptors (Lipinski definition) is 4. The lowest BCUT2D eigenvalue weighted by Crippen LogP contribution is -2.36. The Kier molecular flexibility index (Phi) is 4.45. The average Bonchev–Trinajstić information content (AvgIpc) is 2.79. The Labute approximate surface area is 103 Å². The molecule has 2 heterocycles. The van der Waals surface area contributed by atoms with Crippen LogP contribution in [0.3, 0.4) is 0 Å². The summed E-state index contributed by atoms with van der Waals surface area (Å²) in [4.78, 5) is 4.45. The summed E-state index contributed by atoms with van der Waals surface area (Å²) in [6.45, 7) is 5.04. The maximum Gasteiger partial charge on any atom is 0.195 e. The van der Waals surface area contributed by atoms with E-state index in [-0.39, 0.29) is 0 Å². The molecule has 4 nitrogen and oxygen atoms in total. The molecule has 1 saturated heterocycles. The second-order valence-corrected chi connectivity index (χ2v) is 4.69. The lowest BCUT2D eigenvalue weighted by atomic mass is 10.2. The second-order valence-electron chi connectivity index (χ2n) is 4.69. The van der Waals surface area contributed by atoms with E-state index in [9.17, 15) is 0 Å². The molecule has 0 N–H and O–H groups in total. The Bertz CT molecular complexity index is 330. The normalized spacial score (nSPS) is 17.3. The SMILES string of the molecule is CN(C)c1ccc(CCCN2CCOCC2)o1. The summed E-state index contributed by atoms with van der Waals surface area (Å²) in [5.74, 6) is 2.02. The van der Waals surface area contributed by atoms with Crippen LogP contribution in [0.4, 0.5) is 5.88 Å². The van der Waals surface area contributed by atoms with Gasteiger partial charge in [-0.25, -0.2) is 0 Å². The fourth-order valence-electron chi connectivity index (χ4n) is 2.04. The molecule has 1 aliphatic heterocycles. The molecule has 0 aromatic carbocycles. The van der Waals surface area contributed by atoms with Crippen LogP contribution in [-0.2, 0) is 11.2 Å². The van der Waals surface area contributed by atoms with E-state index in [0.717, 1.165) is 57.3 Å².